The number of nitrogens with zero attached hydrogens (tertiary/aromatic N) is 1. The van der Waals surface area contributed by atoms with Crippen molar-refractivity contribution in [2.75, 3.05) is 13.2 Å². The molecule has 0 aromatic heterocycles. The molecule has 2 nitrogen and oxygen atoms in total. The second-order valence-electron chi connectivity index (χ2n) is 4.67. The first-order valence-electron chi connectivity index (χ1n) is 5.69. The van der Waals surface area contributed by atoms with Crippen molar-refractivity contribution in [3.8, 4) is 0 Å². The lowest BCUT2D eigenvalue weighted by atomic mass is 9.91. The zero-order valence-corrected chi connectivity index (χ0v) is 8.58. The van der Waals surface area contributed by atoms with Crippen LogP contribution in [0.4, 0.5) is 0 Å². The SMILES string of the molecule is CC(CO)N1CCCC2CCCC21. The van der Waals surface area contributed by atoms with E-state index >= 15 is 0 Å². The maximum atomic E-state index is 9.17. The first kappa shape index (κ1) is 9.47. The van der Waals surface area contributed by atoms with Crippen LogP contribution < -0.4 is 0 Å². The Balaban J connectivity index is 2.01. The Bertz CT molecular complexity index is 171. The Kier molecular flexibility index (Phi) is 2.89. The predicted octanol–water partition coefficient (Wildman–Crippen LogP) is 1.63. The van der Waals surface area contributed by atoms with Crippen molar-refractivity contribution in [1.29, 1.82) is 0 Å². The fourth-order valence-electron chi connectivity index (χ4n) is 3.14. The number of aliphatic hydroxyl groups excluding tert-OH is 1. The second-order valence-corrected chi connectivity index (χ2v) is 4.67. The van der Waals surface area contributed by atoms with Crippen molar-refractivity contribution in [2.24, 2.45) is 5.92 Å². The van der Waals surface area contributed by atoms with Gasteiger partial charge in [0.05, 0.1) is 6.61 Å². The number of hydrogen-bond donors (Lipinski definition) is 1. The van der Waals surface area contributed by atoms with Crippen LogP contribution in [0.25, 0.3) is 0 Å². The van der Waals surface area contributed by atoms with Crippen molar-refractivity contribution in [3.63, 3.8) is 0 Å². The second kappa shape index (κ2) is 3.97. The van der Waals surface area contributed by atoms with E-state index in [0.717, 1.165) is 12.0 Å². The minimum atomic E-state index is 0.323. The molecule has 13 heavy (non-hydrogen) atoms. The van der Waals surface area contributed by atoms with E-state index in [-0.39, 0.29) is 0 Å². The molecule has 3 unspecified atom stereocenters. The van der Waals surface area contributed by atoms with E-state index in [0.29, 0.717) is 12.6 Å². The molecule has 0 bridgehead atoms. The van der Waals surface area contributed by atoms with Gasteiger partial charge >= 0.3 is 0 Å². The van der Waals surface area contributed by atoms with Crippen molar-refractivity contribution < 1.29 is 5.11 Å². The molecule has 0 spiro atoms. The number of fused-ring (bicyclic) bond motifs is 1. The molecule has 0 aromatic carbocycles. The highest BCUT2D eigenvalue weighted by atomic mass is 16.3. The van der Waals surface area contributed by atoms with Gasteiger partial charge in [0, 0.05) is 12.1 Å². The topological polar surface area (TPSA) is 23.5 Å². The van der Waals surface area contributed by atoms with E-state index in [1.54, 1.807) is 0 Å². The third-order valence-corrected chi connectivity index (χ3v) is 3.87. The number of rotatable bonds is 2. The fraction of sp³-hybridized carbons (Fsp3) is 1.00. The molecular formula is C11H21NO. The van der Waals surface area contributed by atoms with Gasteiger partial charge < -0.3 is 5.11 Å². The molecule has 1 aliphatic heterocycles. The van der Waals surface area contributed by atoms with E-state index < -0.39 is 0 Å². The van der Waals surface area contributed by atoms with E-state index in [9.17, 15) is 0 Å². The zero-order chi connectivity index (χ0) is 9.26. The van der Waals surface area contributed by atoms with Gasteiger partial charge in [-0.15, -0.1) is 0 Å². The minimum absolute atomic E-state index is 0.323. The molecule has 1 heterocycles. The van der Waals surface area contributed by atoms with Crippen LogP contribution in [0, 0.1) is 5.92 Å². The van der Waals surface area contributed by atoms with Crippen LogP contribution >= 0.6 is 0 Å². The molecule has 2 rings (SSSR count). The zero-order valence-electron chi connectivity index (χ0n) is 8.58. The minimum Gasteiger partial charge on any atom is -0.395 e. The molecule has 1 aliphatic carbocycles. The Hall–Kier alpha value is -0.0800. The monoisotopic (exact) mass is 183 g/mol. The van der Waals surface area contributed by atoms with E-state index in [1.807, 2.05) is 0 Å². The average Bonchev–Trinajstić information content (AvgIpc) is 2.63. The van der Waals surface area contributed by atoms with Gasteiger partial charge in [0.2, 0.25) is 0 Å². The third-order valence-electron chi connectivity index (χ3n) is 3.87. The van der Waals surface area contributed by atoms with Crippen LogP contribution in [0.5, 0.6) is 0 Å². The van der Waals surface area contributed by atoms with E-state index in [4.69, 9.17) is 5.11 Å². The summed E-state index contributed by atoms with van der Waals surface area (Å²) in [5, 5.41) is 9.17. The van der Waals surface area contributed by atoms with Crippen LogP contribution in [0.3, 0.4) is 0 Å². The average molecular weight is 183 g/mol. The molecule has 1 N–H and O–H groups in total. The standard InChI is InChI=1S/C11H21NO/c1-9(8-13)12-7-3-5-10-4-2-6-11(10)12/h9-11,13H,2-8H2,1H3. The normalized spacial score (nSPS) is 37.4. The van der Waals surface area contributed by atoms with Crippen molar-refractivity contribution in [3.05, 3.63) is 0 Å². The van der Waals surface area contributed by atoms with Crippen LogP contribution in [-0.4, -0.2) is 35.2 Å². The molecule has 0 aromatic rings. The third kappa shape index (κ3) is 1.75. The lowest BCUT2D eigenvalue weighted by molar-refractivity contribution is 0.0460. The number of hydrogen-bond acceptors (Lipinski definition) is 2. The van der Waals surface area contributed by atoms with Gasteiger partial charge in [-0.1, -0.05) is 6.42 Å². The molecule has 0 radical (unpaired) electrons. The summed E-state index contributed by atoms with van der Waals surface area (Å²) in [4.78, 5) is 2.54. The van der Waals surface area contributed by atoms with Crippen LogP contribution in [0.2, 0.25) is 0 Å². The van der Waals surface area contributed by atoms with Gasteiger partial charge in [0.25, 0.3) is 0 Å². The Morgan fingerprint density at radius 3 is 2.85 bits per heavy atom. The molecule has 76 valence electrons. The Morgan fingerprint density at radius 2 is 2.08 bits per heavy atom. The van der Waals surface area contributed by atoms with E-state index in [1.165, 1.54) is 38.6 Å². The molecular weight excluding hydrogens is 162 g/mol. The van der Waals surface area contributed by atoms with Gasteiger partial charge in [-0.2, -0.15) is 0 Å². The Morgan fingerprint density at radius 1 is 1.31 bits per heavy atom. The molecule has 3 atom stereocenters. The summed E-state index contributed by atoms with van der Waals surface area (Å²) >= 11 is 0. The summed E-state index contributed by atoms with van der Waals surface area (Å²) < 4.78 is 0. The lowest BCUT2D eigenvalue weighted by Gasteiger charge is -2.41. The number of aliphatic hydroxyl groups is 1. The molecule has 1 saturated heterocycles. The van der Waals surface area contributed by atoms with Gasteiger partial charge in [0.15, 0.2) is 0 Å². The van der Waals surface area contributed by atoms with Crippen molar-refractivity contribution in [1.82, 2.24) is 4.90 Å². The fourth-order valence-corrected chi connectivity index (χ4v) is 3.14. The van der Waals surface area contributed by atoms with Gasteiger partial charge in [-0.3, -0.25) is 4.90 Å². The quantitative estimate of drug-likeness (QED) is 0.703. The predicted molar refractivity (Wildman–Crippen MR) is 53.6 cm³/mol. The highest BCUT2D eigenvalue weighted by Gasteiger charge is 2.36. The van der Waals surface area contributed by atoms with Gasteiger partial charge in [-0.05, 0) is 45.1 Å². The highest BCUT2D eigenvalue weighted by molar-refractivity contribution is 4.90. The molecule has 0 amide bonds. The van der Waals surface area contributed by atoms with Crippen molar-refractivity contribution >= 4 is 0 Å². The maximum absolute atomic E-state index is 9.17. The lowest BCUT2D eigenvalue weighted by Crippen LogP contribution is -2.48. The summed E-state index contributed by atoms with van der Waals surface area (Å²) in [7, 11) is 0. The molecule has 2 aliphatic rings. The van der Waals surface area contributed by atoms with Gasteiger partial charge in [0.1, 0.15) is 0 Å². The van der Waals surface area contributed by atoms with Crippen molar-refractivity contribution in [2.45, 2.75) is 51.1 Å². The van der Waals surface area contributed by atoms with Crippen LogP contribution in [0.1, 0.15) is 39.0 Å². The highest BCUT2D eigenvalue weighted by Crippen LogP contribution is 2.37. The summed E-state index contributed by atoms with van der Waals surface area (Å²) in [5.74, 6) is 0.947. The maximum Gasteiger partial charge on any atom is 0.0584 e. The van der Waals surface area contributed by atoms with Crippen LogP contribution in [0.15, 0.2) is 0 Å². The summed E-state index contributed by atoms with van der Waals surface area (Å²) in [6.45, 7) is 3.69. The van der Waals surface area contributed by atoms with Gasteiger partial charge in [-0.25, -0.2) is 0 Å². The smallest absolute Gasteiger partial charge is 0.0584 e. The first-order valence-corrected chi connectivity index (χ1v) is 5.69. The molecule has 1 saturated carbocycles. The van der Waals surface area contributed by atoms with E-state index in [2.05, 4.69) is 11.8 Å². The Labute approximate surface area is 80.9 Å². The molecule has 2 heteroatoms. The first-order chi connectivity index (χ1) is 6.33. The summed E-state index contributed by atoms with van der Waals surface area (Å²) in [6, 6.07) is 1.18. The van der Waals surface area contributed by atoms with Crippen LogP contribution in [-0.2, 0) is 0 Å². The summed E-state index contributed by atoms with van der Waals surface area (Å²) in [6.07, 6.45) is 6.98. The summed E-state index contributed by atoms with van der Waals surface area (Å²) in [5.41, 5.74) is 0. The molecule has 2 fully saturated rings. The number of piperidine rings is 1. The largest absolute Gasteiger partial charge is 0.395 e. The number of likely N-dealkylation sites (tertiary alicyclic amines) is 1.